The van der Waals surface area contributed by atoms with Crippen LogP contribution in [0.2, 0.25) is 0 Å². The van der Waals surface area contributed by atoms with Crippen molar-refractivity contribution in [3.05, 3.63) is 72.7 Å². The first-order chi connectivity index (χ1) is 18.6. The van der Waals surface area contributed by atoms with Crippen molar-refractivity contribution in [3.63, 3.8) is 0 Å². The molecule has 1 saturated heterocycles. The van der Waals surface area contributed by atoms with Crippen molar-refractivity contribution in [1.82, 2.24) is 24.9 Å². The summed E-state index contributed by atoms with van der Waals surface area (Å²) in [5.41, 5.74) is 10.3. The van der Waals surface area contributed by atoms with Crippen LogP contribution in [0.5, 0.6) is 5.75 Å². The molecular weight excluding hydrogens is 480 g/mol. The summed E-state index contributed by atoms with van der Waals surface area (Å²) in [6.07, 6.45) is 7.31. The van der Waals surface area contributed by atoms with E-state index in [0.29, 0.717) is 24.9 Å². The molecule has 0 radical (unpaired) electrons. The molecule has 3 N–H and O–H groups in total. The van der Waals surface area contributed by atoms with E-state index in [9.17, 15) is 4.79 Å². The standard InChI is InChI=1S/C29H32N6O3/c30-27-26-25(22-9-6-10-24(15-22)37-18-20-7-2-1-3-8-20)17-35(28(26)33-19-32-27)23-13-21(14-23)16-31-29(36)38-34-11-4-5-12-34/h1-3,6-10,15,17,19,21,23H,4-5,11-14,16,18H2,(H,31,36)(H2,30,32,33)/t21-,23-. The monoisotopic (exact) mass is 512 g/mol. The average Bonchev–Trinajstić information content (AvgIpc) is 3.56. The fourth-order valence-corrected chi connectivity index (χ4v) is 5.35. The van der Waals surface area contributed by atoms with Crippen LogP contribution in [-0.2, 0) is 11.4 Å². The number of aromatic nitrogens is 3. The Balaban J connectivity index is 1.15. The Morgan fingerprint density at radius 2 is 1.87 bits per heavy atom. The summed E-state index contributed by atoms with van der Waals surface area (Å²) < 4.78 is 8.28. The Kier molecular flexibility index (Phi) is 6.83. The van der Waals surface area contributed by atoms with E-state index < -0.39 is 0 Å². The molecule has 2 aromatic heterocycles. The molecule has 3 heterocycles. The van der Waals surface area contributed by atoms with Crippen LogP contribution in [-0.4, -0.2) is 45.3 Å². The number of hydroxylamine groups is 2. The lowest BCUT2D eigenvalue weighted by atomic mass is 9.80. The molecular formula is C29H32N6O3. The molecule has 0 atom stereocenters. The fourth-order valence-electron chi connectivity index (χ4n) is 5.35. The van der Waals surface area contributed by atoms with Gasteiger partial charge in [0.25, 0.3) is 0 Å². The van der Waals surface area contributed by atoms with Gasteiger partial charge in [0.15, 0.2) is 0 Å². The molecule has 9 heteroatoms. The number of nitrogens with zero attached hydrogens (tertiary/aromatic N) is 4. The fraction of sp³-hybridized carbons (Fsp3) is 0.345. The zero-order valence-corrected chi connectivity index (χ0v) is 21.3. The van der Waals surface area contributed by atoms with Crippen LogP contribution in [0, 0.1) is 5.92 Å². The van der Waals surface area contributed by atoms with Crippen LogP contribution >= 0.6 is 0 Å². The second-order valence-corrected chi connectivity index (χ2v) is 10.1. The topological polar surface area (TPSA) is 108 Å². The van der Waals surface area contributed by atoms with Gasteiger partial charge in [-0.1, -0.05) is 42.5 Å². The highest BCUT2D eigenvalue weighted by atomic mass is 16.7. The first-order valence-corrected chi connectivity index (χ1v) is 13.2. The molecule has 4 aromatic rings. The summed E-state index contributed by atoms with van der Waals surface area (Å²) in [4.78, 5) is 26.3. The van der Waals surface area contributed by atoms with Gasteiger partial charge in [-0.15, -0.1) is 5.06 Å². The van der Waals surface area contributed by atoms with Gasteiger partial charge in [-0.2, -0.15) is 0 Å². The van der Waals surface area contributed by atoms with Crippen LogP contribution < -0.4 is 15.8 Å². The van der Waals surface area contributed by atoms with Crippen LogP contribution in [0.1, 0.15) is 37.3 Å². The van der Waals surface area contributed by atoms with Gasteiger partial charge in [0.1, 0.15) is 30.1 Å². The van der Waals surface area contributed by atoms with Crippen LogP contribution in [0.3, 0.4) is 0 Å². The number of fused-ring (bicyclic) bond motifs is 1. The van der Waals surface area contributed by atoms with Gasteiger partial charge in [0.05, 0.1) is 5.39 Å². The molecule has 1 saturated carbocycles. The third-order valence-corrected chi connectivity index (χ3v) is 7.45. The molecule has 2 aliphatic rings. The zero-order valence-electron chi connectivity index (χ0n) is 21.3. The van der Waals surface area contributed by atoms with E-state index in [1.807, 2.05) is 48.5 Å². The number of carbonyl (C=O) groups excluding carboxylic acids is 1. The summed E-state index contributed by atoms with van der Waals surface area (Å²) >= 11 is 0. The van der Waals surface area contributed by atoms with Gasteiger partial charge in [-0.3, -0.25) is 0 Å². The number of hydrogen-bond donors (Lipinski definition) is 2. The summed E-state index contributed by atoms with van der Waals surface area (Å²) in [6, 6.07) is 18.4. The maximum absolute atomic E-state index is 12.1. The minimum Gasteiger partial charge on any atom is -0.489 e. The van der Waals surface area contributed by atoms with Gasteiger partial charge in [0.2, 0.25) is 0 Å². The van der Waals surface area contributed by atoms with E-state index in [4.69, 9.17) is 15.3 Å². The van der Waals surface area contributed by atoms with Gasteiger partial charge in [0, 0.05) is 37.4 Å². The lowest BCUT2D eigenvalue weighted by Crippen LogP contribution is -2.39. The molecule has 0 spiro atoms. The summed E-state index contributed by atoms with van der Waals surface area (Å²) in [7, 11) is 0. The van der Waals surface area contributed by atoms with Crippen molar-refractivity contribution in [2.24, 2.45) is 5.92 Å². The summed E-state index contributed by atoms with van der Waals surface area (Å²) in [5.74, 6) is 1.64. The molecule has 0 unspecified atom stereocenters. The number of anilines is 1. The molecule has 1 amide bonds. The molecule has 196 valence electrons. The number of ether oxygens (including phenoxy) is 1. The van der Waals surface area contributed by atoms with E-state index in [2.05, 4.69) is 32.1 Å². The van der Waals surface area contributed by atoms with Crippen molar-refractivity contribution < 1.29 is 14.4 Å². The Morgan fingerprint density at radius 1 is 1.05 bits per heavy atom. The lowest BCUT2D eigenvalue weighted by Gasteiger charge is -2.36. The van der Waals surface area contributed by atoms with E-state index in [1.54, 1.807) is 5.06 Å². The first-order valence-electron chi connectivity index (χ1n) is 13.2. The number of benzene rings is 2. The van der Waals surface area contributed by atoms with Crippen molar-refractivity contribution in [2.45, 2.75) is 38.3 Å². The van der Waals surface area contributed by atoms with Crippen molar-refractivity contribution >= 4 is 22.9 Å². The molecule has 2 aromatic carbocycles. The van der Waals surface area contributed by atoms with Crippen LogP contribution in [0.25, 0.3) is 22.2 Å². The van der Waals surface area contributed by atoms with E-state index in [-0.39, 0.29) is 12.1 Å². The van der Waals surface area contributed by atoms with Crippen molar-refractivity contribution in [1.29, 1.82) is 0 Å². The number of nitrogen functional groups attached to an aromatic ring is 1. The van der Waals surface area contributed by atoms with Gasteiger partial charge >= 0.3 is 6.09 Å². The minimum absolute atomic E-state index is 0.277. The Morgan fingerprint density at radius 3 is 2.68 bits per heavy atom. The SMILES string of the molecule is Nc1ncnc2c1c(-c1cccc(OCc3ccccc3)c1)cn2[C@H]1C[C@H](CNC(=O)ON2CCCC2)C1. The maximum Gasteiger partial charge on any atom is 0.426 e. The number of carbonyl (C=O) groups is 1. The van der Waals surface area contributed by atoms with Crippen LogP contribution in [0.15, 0.2) is 67.1 Å². The molecule has 2 fully saturated rings. The van der Waals surface area contributed by atoms with Crippen molar-refractivity contribution in [3.8, 4) is 16.9 Å². The summed E-state index contributed by atoms with van der Waals surface area (Å²) in [6.45, 7) is 2.73. The number of nitrogens with one attached hydrogen (secondary N) is 1. The first kappa shape index (κ1) is 24.2. The van der Waals surface area contributed by atoms with E-state index in [0.717, 1.165) is 72.2 Å². The number of nitrogens with two attached hydrogens (primary N) is 1. The lowest BCUT2D eigenvalue weighted by molar-refractivity contribution is -0.0810. The Labute approximate surface area is 221 Å². The molecule has 38 heavy (non-hydrogen) atoms. The predicted molar refractivity (Wildman–Crippen MR) is 145 cm³/mol. The van der Waals surface area contributed by atoms with E-state index in [1.165, 1.54) is 6.33 Å². The number of hydrogen-bond acceptors (Lipinski definition) is 7. The smallest absolute Gasteiger partial charge is 0.426 e. The Bertz CT molecular complexity index is 1410. The highest BCUT2D eigenvalue weighted by molar-refractivity contribution is 6.00. The largest absolute Gasteiger partial charge is 0.489 e. The molecule has 1 aliphatic carbocycles. The van der Waals surface area contributed by atoms with Gasteiger partial charge in [-0.05, 0) is 54.9 Å². The normalized spacial score (nSPS) is 19.3. The maximum atomic E-state index is 12.1. The summed E-state index contributed by atoms with van der Waals surface area (Å²) in [5, 5.41) is 5.50. The molecule has 6 rings (SSSR count). The van der Waals surface area contributed by atoms with E-state index >= 15 is 0 Å². The number of amides is 1. The second kappa shape index (κ2) is 10.7. The third kappa shape index (κ3) is 5.15. The highest BCUT2D eigenvalue weighted by Crippen LogP contribution is 2.43. The minimum atomic E-state index is -0.362. The molecule has 0 bridgehead atoms. The predicted octanol–water partition coefficient (Wildman–Crippen LogP) is 4.95. The molecule has 9 nitrogen and oxygen atoms in total. The average molecular weight is 513 g/mol. The van der Waals surface area contributed by atoms with Gasteiger partial charge in [-0.25, -0.2) is 14.8 Å². The Hall–Kier alpha value is -4.11. The quantitative estimate of drug-likeness (QED) is 0.344. The molecule has 1 aliphatic heterocycles. The van der Waals surface area contributed by atoms with Crippen LogP contribution in [0.4, 0.5) is 10.6 Å². The third-order valence-electron chi connectivity index (χ3n) is 7.45. The second-order valence-electron chi connectivity index (χ2n) is 10.1. The number of rotatable bonds is 8. The zero-order chi connectivity index (χ0) is 25.9. The van der Waals surface area contributed by atoms with Crippen molar-refractivity contribution in [2.75, 3.05) is 25.4 Å². The highest BCUT2D eigenvalue weighted by Gasteiger charge is 2.33. The van der Waals surface area contributed by atoms with Gasteiger partial charge < -0.3 is 25.2 Å².